The Balaban J connectivity index is 1.68. The van der Waals surface area contributed by atoms with Crippen molar-refractivity contribution in [3.63, 3.8) is 0 Å². The molecule has 1 aliphatic rings. The third kappa shape index (κ3) is 3.36. The van der Waals surface area contributed by atoms with Crippen LogP contribution in [0, 0.1) is 0 Å². The summed E-state index contributed by atoms with van der Waals surface area (Å²) in [5.41, 5.74) is 4.99. The Bertz CT molecular complexity index is 1030. The van der Waals surface area contributed by atoms with Crippen LogP contribution in [0.15, 0.2) is 71.7 Å². The van der Waals surface area contributed by atoms with Crippen LogP contribution in [-0.2, 0) is 4.79 Å². The second-order valence-electron chi connectivity index (χ2n) is 6.55. The van der Waals surface area contributed by atoms with Gasteiger partial charge in [0.1, 0.15) is 11.6 Å². The number of ether oxygens (including phenoxy) is 1. The summed E-state index contributed by atoms with van der Waals surface area (Å²) in [4.78, 5) is 16.9. The Kier molecular flexibility index (Phi) is 4.50. The molecule has 27 heavy (non-hydrogen) atoms. The normalized spacial score (nSPS) is 17.9. The van der Waals surface area contributed by atoms with Crippen LogP contribution in [0.3, 0.4) is 0 Å². The highest BCUT2D eigenvalue weighted by Crippen LogP contribution is 2.35. The van der Waals surface area contributed by atoms with Gasteiger partial charge in [-0.25, -0.2) is 10.0 Å². The summed E-state index contributed by atoms with van der Waals surface area (Å²) in [6.45, 7) is 1.55. The average Bonchev–Trinajstić information content (AvgIpc) is 3.12. The van der Waals surface area contributed by atoms with Crippen molar-refractivity contribution in [2.24, 2.45) is 4.99 Å². The predicted octanol–water partition coefficient (Wildman–Crippen LogP) is 4.38. The molecule has 1 atom stereocenters. The lowest BCUT2D eigenvalue weighted by molar-refractivity contribution is -0.132. The molecule has 1 fully saturated rings. The van der Waals surface area contributed by atoms with E-state index in [4.69, 9.17) is 9.73 Å². The molecular weight excluding hydrogens is 338 g/mol. The number of amidine groups is 1. The molecule has 0 aliphatic carbocycles. The van der Waals surface area contributed by atoms with E-state index in [9.17, 15) is 4.79 Å². The van der Waals surface area contributed by atoms with Crippen molar-refractivity contribution in [2.45, 2.75) is 19.4 Å². The van der Waals surface area contributed by atoms with Crippen LogP contribution in [0.2, 0.25) is 0 Å². The second kappa shape index (κ2) is 7.11. The van der Waals surface area contributed by atoms with Gasteiger partial charge in [-0.1, -0.05) is 48.5 Å². The first-order chi connectivity index (χ1) is 13.2. The fourth-order valence-electron chi connectivity index (χ4n) is 3.50. The summed E-state index contributed by atoms with van der Waals surface area (Å²) in [7, 11) is 1.64. The fourth-order valence-corrected chi connectivity index (χ4v) is 3.50. The third-order valence-corrected chi connectivity index (χ3v) is 4.78. The van der Waals surface area contributed by atoms with Gasteiger partial charge in [-0.3, -0.25) is 10.2 Å². The summed E-state index contributed by atoms with van der Waals surface area (Å²) in [6, 6.07) is 21.9. The molecule has 3 aromatic rings. The Morgan fingerprint density at radius 2 is 1.81 bits per heavy atom. The Labute approximate surface area is 158 Å². The molecular formula is C22H21N3O2. The van der Waals surface area contributed by atoms with Gasteiger partial charge in [-0.15, -0.1) is 0 Å². The quantitative estimate of drug-likeness (QED) is 0.755. The lowest BCUT2D eigenvalue weighted by Crippen LogP contribution is -2.38. The summed E-state index contributed by atoms with van der Waals surface area (Å²) in [6.07, 6.45) is 0.604. The number of hydrogen-bond acceptors (Lipinski definition) is 3. The molecule has 1 heterocycles. The maximum Gasteiger partial charge on any atom is 0.238 e. The van der Waals surface area contributed by atoms with Gasteiger partial charge in [0.2, 0.25) is 5.91 Å². The van der Waals surface area contributed by atoms with Crippen LogP contribution >= 0.6 is 0 Å². The summed E-state index contributed by atoms with van der Waals surface area (Å²) in [5, 5.41) is 3.94. The zero-order chi connectivity index (χ0) is 18.8. The van der Waals surface area contributed by atoms with Crippen LogP contribution in [0.1, 0.15) is 24.9 Å². The summed E-state index contributed by atoms with van der Waals surface area (Å²) < 4.78 is 5.48. The summed E-state index contributed by atoms with van der Waals surface area (Å²) >= 11 is 0. The van der Waals surface area contributed by atoms with Crippen LogP contribution in [0.4, 0.5) is 5.69 Å². The van der Waals surface area contributed by atoms with Crippen molar-refractivity contribution in [3.05, 3.63) is 72.3 Å². The molecule has 5 nitrogen and oxygen atoms in total. The number of amides is 1. The number of rotatable bonds is 3. The Morgan fingerprint density at radius 3 is 2.59 bits per heavy atom. The first-order valence-electron chi connectivity index (χ1n) is 8.91. The number of nitrogens with zero attached hydrogens (tertiary/aromatic N) is 2. The monoisotopic (exact) mass is 359 g/mol. The maximum atomic E-state index is 12.2. The number of para-hydroxylation sites is 1. The van der Waals surface area contributed by atoms with Gasteiger partial charge >= 0.3 is 0 Å². The molecule has 4 rings (SSSR count). The van der Waals surface area contributed by atoms with Crippen LogP contribution < -0.4 is 10.2 Å². The van der Waals surface area contributed by atoms with Crippen LogP contribution in [0.25, 0.3) is 10.8 Å². The number of methoxy groups -OCH3 is 1. The van der Waals surface area contributed by atoms with Gasteiger partial charge in [-0.05, 0) is 29.0 Å². The molecule has 136 valence electrons. The Morgan fingerprint density at radius 1 is 1.07 bits per heavy atom. The molecule has 1 N–H and O–H groups in total. The van der Waals surface area contributed by atoms with Gasteiger partial charge < -0.3 is 4.74 Å². The number of benzene rings is 3. The number of fused-ring (bicyclic) bond motifs is 1. The SMILES string of the molecule is COc1ccccc1C1CC(=Nc2ccc3ccccc3c2)NN1C(C)=O. The molecule has 0 saturated carbocycles. The van der Waals surface area contributed by atoms with Gasteiger partial charge in [0.05, 0.1) is 18.8 Å². The largest absolute Gasteiger partial charge is 0.496 e. The topological polar surface area (TPSA) is 53.9 Å². The maximum absolute atomic E-state index is 12.2. The van der Waals surface area contributed by atoms with E-state index in [1.807, 2.05) is 42.5 Å². The van der Waals surface area contributed by atoms with Gasteiger partial charge in [0.25, 0.3) is 0 Å². The van der Waals surface area contributed by atoms with Crippen molar-refractivity contribution in [1.82, 2.24) is 10.4 Å². The fraction of sp³-hybridized carbons (Fsp3) is 0.182. The highest BCUT2D eigenvalue weighted by Gasteiger charge is 2.33. The highest BCUT2D eigenvalue weighted by molar-refractivity contribution is 5.92. The molecule has 0 spiro atoms. The van der Waals surface area contributed by atoms with Crippen molar-refractivity contribution in [3.8, 4) is 5.75 Å². The van der Waals surface area contributed by atoms with Gasteiger partial charge in [0.15, 0.2) is 0 Å². The van der Waals surface area contributed by atoms with E-state index in [0.717, 1.165) is 28.2 Å². The first-order valence-corrected chi connectivity index (χ1v) is 8.91. The molecule has 5 heteroatoms. The van der Waals surface area contributed by atoms with Crippen LogP contribution in [-0.4, -0.2) is 23.9 Å². The van der Waals surface area contributed by atoms with E-state index in [1.54, 1.807) is 19.0 Å². The third-order valence-electron chi connectivity index (χ3n) is 4.78. The smallest absolute Gasteiger partial charge is 0.238 e. The molecule has 0 aromatic heterocycles. The second-order valence-corrected chi connectivity index (χ2v) is 6.55. The van der Waals surface area contributed by atoms with E-state index < -0.39 is 0 Å². The minimum atomic E-state index is -0.155. The molecule has 1 amide bonds. The molecule has 0 bridgehead atoms. The molecule has 1 saturated heterocycles. The molecule has 1 unspecified atom stereocenters. The Hall–Kier alpha value is -3.34. The minimum absolute atomic E-state index is 0.0605. The standard InChI is InChI=1S/C22H21N3O2/c1-15(26)25-20(19-9-5-6-10-21(19)27-2)14-22(24-25)23-18-12-11-16-7-3-4-8-17(16)13-18/h3-13,20H,14H2,1-2H3,(H,23,24). The van der Waals surface area contributed by atoms with Crippen LogP contribution in [0.5, 0.6) is 5.75 Å². The van der Waals surface area contributed by atoms with Crippen molar-refractivity contribution in [2.75, 3.05) is 7.11 Å². The van der Waals surface area contributed by atoms with E-state index in [2.05, 4.69) is 29.7 Å². The summed E-state index contributed by atoms with van der Waals surface area (Å²) in [5.74, 6) is 1.47. The van der Waals surface area contributed by atoms with Crippen molar-refractivity contribution >= 4 is 28.2 Å². The van der Waals surface area contributed by atoms with E-state index in [1.165, 1.54) is 5.39 Å². The number of nitrogens with one attached hydrogen (secondary N) is 1. The lowest BCUT2D eigenvalue weighted by atomic mass is 10.0. The number of hydrogen-bond donors (Lipinski definition) is 1. The minimum Gasteiger partial charge on any atom is -0.496 e. The lowest BCUT2D eigenvalue weighted by Gasteiger charge is -2.23. The van der Waals surface area contributed by atoms with E-state index in [-0.39, 0.29) is 11.9 Å². The molecule has 3 aromatic carbocycles. The molecule has 1 aliphatic heterocycles. The number of aliphatic imine (C=N–C) groups is 1. The van der Waals surface area contributed by atoms with Gasteiger partial charge in [-0.2, -0.15) is 0 Å². The zero-order valence-corrected chi connectivity index (χ0v) is 15.3. The highest BCUT2D eigenvalue weighted by atomic mass is 16.5. The average molecular weight is 359 g/mol. The number of carbonyl (C=O) groups is 1. The van der Waals surface area contributed by atoms with E-state index in [0.29, 0.717) is 6.42 Å². The van der Waals surface area contributed by atoms with E-state index >= 15 is 0 Å². The van der Waals surface area contributed by atoms with Crippen molar-refractivity contribution in [1.29, 1.82) is 0 Å². The van der Waals surface area contributed by atoms with Gasteiger partial charge in [0, 0.05) is 18.9 Å². The molecule has 0 radical (unpaired) electrons. The predicted molar refractivity (Wildman–Crippen MR) is 107 cm³/mol. The number of hydrazine groups is 1. The first kappa shape index (κ1) is 17.1. The van der Waals surface area contributed by atoms with Crippen molar-refractivity contribution < 1.29 is 9.53 Å². The number of carbonyl (C=O) groups excluding carboxylic acids is 1. The zero-order valence-electron chi connectivity index (χ0n) is 15.3.